The molecular formula is C20H30N2O4. The van der Waals surface area contributed by atoms with E-state index in [1.807, 2.05) is 30.3 Å². The number of rotatable bonds is 11. The van der Waals surface area contributed by atoms with Crippen molar-refractivity contribution in [3.63, 3.8) is 0 Å². The first kappa shape index (κ1) is 21.9. The fourth-order valence-corrected chi connectivity index (χ4v) is 2.52. The Balaban J connectivity index is 2.81. The highest BCUT2D eigenvalue weighted by Gasteiger charge is 2.28. The summed E-state index contributed by atoms with van der Waals surface area (Å²) in [5, 5.41) is 21.4. The Bertz CT molecular complexity index is 587. The number of amides is 2. The highest BCUT2D eigenvalue weighted by molar-refractivity contribution is 5.86. The molecule has 0 saturated carbocycles. The van der Waals surface area contributed by atoms with Gasteiger partial charge in [0, 0.05) is 19.5 Å². The fraction of sp³-hybridized carbons (Fsp3) is 0.500. The largest absolute Gasteiger partial charge is 0.395 e. The zero-order valence-corrected chi connectivity index (χ0v) is 15.6. The second-order valence-electron chi connectivity index (χ2n) is 6.98. The predicted octanol–water partition coefficient (Wildman–Crippen LogP) is 1.48. The molecule has 0 fully saturated rings. The number of hydrogen-bond donors (Lipinski definition) is 3. The second-order valence-corrected chi connectivity index (χ2v) is 6.98. The normalized spacial score (nSPS) is 12.3. The molecule has 0 aromatic heterocycles. The average Bonchev–Trinajstić information content (AvgIpc) is 2.61. The van der Waals surface area contributed by atoms with Gasteiger partial charge in [0.1, 0.15) is 0 Å². The van der Waals surface area contributed by atoms with Gasteiger partial charge in [-0.1, -0.05) is 36.4 Å². The van der Waals surface area contributed by atoms with Crippen molar-refractivity contribution in [2.75, 3.05) is 19.8 Å². The van der Waals surface area contributed by atoms with Gasteiger partial charge in [0.15, 0.2) is 0 Å². The van der Waals surface area contributed by atoms with Gasteiger partial charge in [-0.05, 0) is 25.8 Å². The van der Waals surface area contributed by atoms with Crippen LogP contribution in [-0.4, -0.2) is 52.2 Å². The van der Waals surface area contributed by atoms with Crippen LogP contribution in [0.2, 0.25) is 0 Å². The van der Waals surface area contributed by atoms with E-state index in [0.717, 1.165) is 5.56 Å². The molecule has 1 atom stereocenters. The van der Waals surface area contributed by atoms with Crippen molar-refractivity contribution in [1.82, 2.24) is 10.2 Å². The minimum Gasteiger partial charge on any atom is -0.395 e. The first-order valence-corrected chi connectivity index (χ1v) is 8.79. The van der Waals surface area contributed by atoms with Crippen LogP contribution in [0, 0.1) is 5.92 Å². The smallest absolute Gasteiger partial charge is 0.224 e. The maximum absolute atomic E-state index is 12.7. The molecule has 1 rings (SSSR count). The number of allylic oxidation sites excluding steroid dienone is 1. The second kappa shape index (κ2) is 10.7. The van der Waals surface area contributed by atoms with Crippen LogP contribution >= 0.6 is 0 Å². The molecule has 0 radical (unpaired) electrons. The lowest BCUT2D eigenvalue weighted by molar-refractivity contribution is -0.137. The van der Waals surface area contributed by atoms with Gasteiger partial charge in [-0.2, -0.15) is 0 Å². The number of hydrogen-bond acceptors (Lipinski definition) is 4. The number of aliphatic hydroxyl groups excluding tert-OH is 2. The van der Waals surface area contributed by atoms with Crippen LogP contribution < -0.4 is 5.32 Å². The molecule has 0 unspecified atom stereocenters. The van der Waals surface area contributed by atoms with E-state index in [2.05, 4.69) is 11.9 Å². The van der Waals surface area contributed by atoms with E-state index in [0.29, 0.717) is 13.0 Å². The van der Waals surface area contributed by atoms with Crippen LogP contribution in [-0.2, 0) is 16.1 Å². The molecule has 0 saturated heterocycles. The van der Waals surface area contributed by atoms with Crippen molar-refractivity contribution >= 4 is 11.8 Å². The lowest BCUT2D eigenvalue weighted by atomic mass is 9.97. The minimum atomic E-state index is -0.756. The summed E-state index contributed by atoms with van der Waals surface area (Å²) < 4.78 is 0. The summed E-state index contributed by atoms with van der Waals surface area (Å²) >= 11 is 0. The summed E-state index contributed by atoms with van der Waals surface area (Å²) in [4.78, 5) is 26.8. The third-order valence-electron chi connectivity index (χ3n) is 4.04. The summed E-state index contributed by atoms with van der Waals surface area (Å²) in [6, 6.07) is 9.50. The molecule has 6 nitrogen and oxygen atoms in total. The molecule has 2 amide bonds. The van der Waals surface area contributed by atoms with Crippen molar-refractivity contribution < 1.29 is 19.8 Å². The molecular weight excluding hydrogens is 332 g/mol. The standard InChI is InChI=1S/C20H30N2O4/c1-4-8-17(19(26)21-20(2,3)15-24)13-18(25)22(11-12-23)14-16-9-6-5-7-10-16/h4-7,9-10,17,23-24H,1,8,11-15H2,2-3H3,(H,21,26)/t17-/m0/s1. The van der Waals surface area contributed by atoms with Crippen molar-refractivity contribution in [2.45, 2.75) is 38.8 Å². The SMILES string of the molecule is C=CC[C@@H](CC(=O)N(CCO)Cc1ccccc1)C(=O)NC(C)(C)CO. The van der Waals surface area contributed by atoms with E-state index in [1.54, 1.807) is 24.8 Å². The van der Waals surface area contributed by atoms with E-state index in [9.17, 15) is 19.8 Å². The van der Waals surface area contributed by atoms with Crippen LogP contribution in [0.25, 0.3) is 0 Å². The molecule has 26 heavy (non-hydrogen) atoms. The van der Waals surface area contributed by atoms with Crippen LogP contribution in [0.3, 0.4) is 0 Å². The Kier molecular flexibility index (Phi) is 9.02. The van der Waals surface area contributed by atoms with Crippen molar-refractivity contribution in [3.8, 4) is 0 Å². The Labute approximate surface area is 155 Å². The molecule has 1 aromatic carbocycles. The molecule has 0 bridgehead atoms. The number of benzene rings is 1. The lowest BCUT2D eigenvalue weighted by Gasteiger charge is -2.28. The van der Waals surface area contributed by atoms with Crippen LogP contribution in [0.15, 0.2) is 43.0 Å². The van der Waals surface area contributed by atoms with Gasteiger partial charge in [0.2, 0.25) is 11.8 Å². The first-order chi connectivity index (χ1) is 12.3. The molecule has 144 valence electrons. The van der Waals surface area contributed by atoms with E-state index in [1.165, 1.54) is 0 Å². The highest BCUT2D eigenvalue weighted by Crippen LogP contribution is 2.16. The summed E-state index contributed by atoms with van der Waals surface area (Å²) in [7, 11) is 0. The number of carbonyl (C=O) groups excluding carboxylic acids is 2. The molecule has 0 aliphatic carbocycles. The summed E-state index contributed by atoms with van der Waals surface area (Å²) in [6.07, 6.45) is 1.99. The molecule has 0 aliphatic heterocycles. The third-order valence-corrected chi connectivity index (χ3v) is 4.04. The summed E-state index contributed by atoms with van der Waals surface area (Å²) in [6.45, 7) is 7.33. The topological polar surface area (TPSA) is 89.9 Å². The number of aliphatic hydroxyl groups is 2. The highest BCUT2D eigenvalue weighted by atomic mass is 16.3. The maximum Gasteiger partial charge on any atom is 0.224 e. The Morgan fingerprint density at radius 2 is 1.92 bits per heavy atom. The summed E-state index contributed by atoms with van der Waals surface area (Å²) in [5.74, 6) is -1.06. The van der Waals surface area contributed by atoms with Crippen molar-refractivity contribution in [2.24, 2.45) is 5.92 Å². The van der Waals surface area contributed by atoms with Crippen LogP contribution in [0.4, 0.5) is 0 Å². The zero-order chi connectivity index (χ0) is 19.6. The Morgan fingerprint density at radius 3 is 2.46 bits per heavy atom. The first-order valence-electron chi connectivity index (χ1n) is 8.79. The average molecular weight is 362 g/mol. The Morgan fingerprint density at radius 1 is 1.27 bits per heavy atom. The van der Waals surface area contributed by atoms with Crippen molar-refractivity contribution in [3.05, 3.63) is 48.6 Å². The van der Waals surface area contributed by atoms with Crippen LogP contribution in [0.1, 0.15) is 32.3 Å². The van der Waals surface area contributed by atoms with Gasteiger partial charge >= 0.3 is 0 Å². The molecule has 0 aliphatic rings. The van der Waals surface area contributed by atoms with Crippen LogP contribution in [0.5, 0.6) is 0 Å². The van der Waals surface area contributed by atoms with Gasteiger partial charge in [-0.3, -0.25) is 9.59 Å². The van der Waals surface area contributed by atoms with Gasteiger partial charge in [-0.25, -0.2) is 0 Å². The monoisotopic (exact) mass is 362 g/mol. The quantitative estimate of drug-likeness (QED) is 0.520. The number of nitrogens with zero attached hydrogens (tertiary/aromatic N) is 1. The molecule has 0 spiro atoms. The minimum absolute atomic E-state index is 0.0200. The number of carbonyl (C=O) groups is 2. The summed E-state index contributed by atoms with van der Waals surface area (Å²) in [5.41, 5.74) is 0.203. The van der Waals surface area contributed by atoms with E-state index < -0.39 is 11.5 Å². The molecule has 6 heteroatoms. The van der Waals surface area contributed by atoms with E-state index in [4.69, 9.17) is 0 Å². The van der Waals surface area contributed by atoms with E-state index >= 15 is 0 Å². The lowest BCUT2D eigenvalue weighted by Crippen LogP contribution is -2.49. The maximum atomic E-state index is 12.7. The molecule has 1 aromatic rings. The van der Waals surface area contributed by atoms with Crippen molar-refractivity contribution in [1.29, 1.82) is 0 Å². The number of nitrogens with one attached hydrogen (secondary N) is 1. The van der Waals surface area contributed by atoms with Gasteiger partial charge in [0.05, 0.1) is 24.7 Å². The molecule has 0 heterocycles. The van der Waals surface area contributed by atoms with Gasteiger partial charge in [-0.15, -0.1) is 6.58 Å². The van der Waals surface area contributed by atoms with Gasteiger partial charge < -0.3 is 20.4 Å². The predicted molar refractivity (Wildman–Crippen MR) is 101 cm³/mol. The Hall–Kier alpha value is -2.18. The van der Waals surface area contributed by atoms with E-state index in [-0.39, 0.29) is 38.0 Å². The van der Waals surface area contributed by atoms with Gasteiger partial charge in [0.25, 0.3) is 0 Å². The zero-order valence-electron chi connectivity index (χ0n) is 15.6. The fourth-order valence-electron chi connectivity index (χ4n) is 2.52. The molecule has 3 N–H and O–H groups in total. The third kappa shape index (κ3) is 7.37.